The van der Waals surface area contributed by atoms with Gasteiger partial charge in [0.1, 0.15) is 11.4 Å². The lowest BCUT2D eigenvalue weighted by molar-refractivity contribution is -0.121. The lowest BCUT2D eigenvalue weighted by Gasteiger charge is -2.27. The third-order valence-electron chi connectivity index (χ3n) is 3.16. The van der Waals surface area contributed by atoms with Gasteiger partial charge in [-0.1, -0.05) is 25.4 Å². The van der Waals surface area contributed by atoms with E-state index in [-0.39, 0.29) is 29.1 Å². The van der Waals surface area contributed by atoms with Crippen molar-refractivity contribution in [3.05, 3.63) is 29.0 Å². The first-order valence-electron chi connectivity index (χ1n) is 6.19. The molecule has 6 heteroatoms. The van der Waals surface area contributed by atoms with E-state index in [1.807, 2.05) is 13.8 Å². The molecule has 0 heterocycles. The third-order valence-corrected chi connectivity index (χ3v) is 3.39. The summed E-state index contributed by atoms with van der Waals surface area (Å²) in [5.74, 6) is -0.946. The monoisotopic (exact) mass is 297 g/mol. The fourth-order valence-electron chi connectivity index (χ4n) is 1.44. The van der Waals surface area contributed by atoms with Crippen molar-refractivity contribution in [2.75, 3.05) is 11.9 Å². The number of amides is 1. The second-order valence-electron chi connectivity index (χ2n) is 4.99. The number of benzene rings is 1. The highest BCUT2D eigenvalue weighted by atomic mass is 35.5. The van der Waals surface area contributed by atoms with E-state index in [1.54, 1.807) is 6.92 Å². The molecule has 0 fully saturated rings. The van der Waals surface area contributed by atoms with Gasteiger partial charge in [0.05, 0.1) is 18.3 Å². The van der Waals surface area contributed by atoms with Gasteiger partial charge in [0, 0.05) is 5.02 Å². The molecule has 1 aromatic carbocycles. The minimum Gasteiger partial charge on any atom is -0.374 e. The Kier molecular flexibility index (Phi) is 5.34. The quantitative estimate of drug-likeness (QED) is 0.878. The summed E-state index contributed by atoms with van der Waals surface area (Å²) in [6.45, 7) is 5.21. The first-order chi connectivity index (χ1) is 9.28. The number of hydrogen-bond donors (Lipinski definition) is 2. The van der Waals surface area contributed by atoms with Crippen LogP contribution in [0.2, 0.25) is 5.02 Å². The van der Waals surface area contributed by atoms with E-state index in [0.29, 0.717) is 0 Å². The third kappa shape index (κ3) is 4.10. The summed E-state index contributed by atoms with van der Waals surface area (Å²) in [5, 5.41) is 14.7. The topological polar surface area (TPSA) is 64.9 Å². The summed E-state index contributed by atoms with van der Waals surface area (Å²) in [6, 6.07) is 6.22. The number of nitrogens with one attached hydrogen (secondary N) is 2. The van der Waals surface area contributed by atoms with Crippen LogP contribution < -0.4 is 10.6 Å². The average molecular weight is 298 g/mol. The molecule has 0 aliphatic heterocycles. The normalized spacial score (nSPS) is 13.4. The Morgan fingerprint density at radius 3 is 2.70 bits per heavy atom. The molecule has 0 spiro atoms. The van der Waals surface area contributed by atoms with E-state index >= 15 is 0 Å². The first kappa shape index (κ1) is 16.3. The van der Waals surface area contributed by atoms with E-state index in [1.165, 1.54) is 12.1 Å². The summed E-state index contributed by atoms with van der Waals surface area (Å²) in [5.41, 5.74) is -0.759. The van der Waals surface area contributed by atoms with Gasteiger partial charge in [0.25, 0.3) is 0 Å². The maximum atomic E-state index is 13.5. The molecule has 1 atom stereocenters. The van der Waals surface area contributed by atoms with Gasteiger partial charge in [-0.2, -0.15) is 5.26 Å². The molecule has 20 heavy (non-hydrogen) atoms. The van der Waals surface area contributed by atoms with Crippen LogP contribution in [-0.4, -0.2) is 18.0 Å². The van der Waals surface area contributed by atoms with Gasteiger partial charge in [-0.05, 0) is 31.0 Å². The molecule has 0 bridgehead atoms. The zero-order valence-corrected chi connectivity index (χ0v) is 12.4. The highest BCUT2D eigenvalue weighted by molar-refractivity contribution is 6.30. The second kappa shape index (κ2) is 6.58. The van der Waals surface area contributed by atoms with E-state index < -0.39 is 11.4 Å². The summed E-state index contributed by atoms with van der Waals surface area (Å²) in [7, 11) is 0. The maximum Gasteiger partial charge on any atom is 0.240 e. The highest BCUT2D eigenvalue weighted by Crippen LogP contribution is 2.19. The Hall–Kier alpha value is -1.80. The molecule has 0 saturated heterocycles. The number of rotatable bonds is 5. The van der Waals surface area contributed by atoms with Crippen LogP contribution >= 0.6 is 11.6 Å². The lowest BCUT2D eigenvalue weighted by Crippen LogP contribution is -2.50. The van der Waals surface area contributed by atoms with Crippen molar-refractivity contribution >= 4 is 23.2 Å². The second-order valence-corrected chi connectivity index (χ2v) is 5.43. The molecular formula is C14H17ClFN3O. The van der Waals surface area contributed by atoms with Crippen LogP contribution in [-0.2, 0) is 4.79 Å². The van der Waals surface area contributed by atoms with E-state index in [0.717, 1.165) is 6.07 Å². The molecule has 108 valence electrons. The molecule has 1 amide bonds. The van der Waals surface area contributed by atoms with Crippen LogP contribution in [0.25, 0.3) is 0 Å². The molecular weight excluding hydrogens is 281 g/mol. The van der Waals surface area contributed by atoms with Crippen molar-refractivity contribution in [1.82, 2.24) is 5.32 Å². The van der Waals surface area contributed by atoms with Gasteiger partial charge >= 0.3 is 0 Å². The van der Waals surface area contributed by atoms with E-state index in [9.17, 15) is 9.18 Å². The molecule has 0 aliphatic rings. The smallest absolute Gasteiger partial charge is 0.240 e. The highest BCUT2D eigenvalue weighted by Gasteiger charge is 2.29. The first-order valence-corrected chi connectivity index (χ1v) is 6.57. The average Bonchev–Trinajstić information content (AvgIpc) is 2.37. The zero-order valence-electron chi connectivity index (χ0n) is 11.6. The summed E-state index contributed by atoms with van der Waals surface area (Å²) >= 11 is 5.64. The van der Waals surface area contributed by atoms with E-state index in [4.69, 9.17) is 16.9 Å². The molecule has 0 radical (unpaired) electrons. The van der Waals surface area contributed by atoms with Crippen molar-refractivity contribution in [1.29, 1.82) is 5.26 Å². The van der Waals surface area contributed by atoms with Gasteiger partial charge in [0.15, 0.2) is 0 Å². The molecule has 0 aromatic heterocycles. The van der Waals surface area contributed by atoms with Gasteiger partial charge in [-0.3, -0.25) is 4.79 Å². The maximum absolute atomic E-state index is 13.5. The van der Waals surface area contributed by atoms with Crippen molar-refractivity contribution in [3.8, 4) is 6.07 Å². The summed E-state index contributed by atoms with van der Waals surface area (Å²) in [6.07, 6.45) is 0. The fourth-order valence-corrected chi connectivity index (χ4v) is 1.60. The SMILES string of the molecule is CC(C)C(C)(C#N)NC(=O)CNc1ccc(Cl)cc1F. The largest absolute Gasteiger partial charge is 0.374 e. The predicted octanol–water partition coefficient (Wildman–Crippen LogP) is 2.95. The van der Waals surface area contributed by atoms with Crippen LogP contribution in [0.4, 0.5) is 10.1 Å². The van der Waals surface area contributed by atoms with Gasteiger partial charge in [-0.25, -0.2) is 4.39 Å². The standard InChI is InChI=1S/C14H17ClFN3O/c1-9(2)14(3,8-17)19-13(20)7-18-12-5-4-10(15)6-11(12)16/h4-6,9,18H,7H2,1-3H3,(H,19,20). The zero-order chi connectivity index (χ0) is 15.3. The number of anilines is 1. The molecule has 0 saturated carbocycles. The Bertz CT molecular complexity index is 542. The van der Waals surface area contributed by atoms with Crippen molar-refractivity contribution < 1.29 is 9.18 Å². The van der Waals surface area contributed by atoms with Crippen LogP contribution in [0, 0.1) is 23.1 Å². The van der Waals surface area contributed by atoms with Gasteiger partial charge in [0.2, 0.25) is 5.91 Å². The summed E-state index contributed by atoms with van der Waals surface area (Å²) < 4.78 is 13.5. The van der Waals surface area contributed by atoms with Gasteiger partial charge < -0.3 is 10.6 Å². The Balaban J connectivity index is 2.62. The molecule has 1 aromatic rings. The van der Waals surface area contributed by atoms with Crippen LogP contribution in [0.1, 0.15) is 20.8 Å². The predicted molar refractivity (Wildman–Crippen MR) is 76.9 cm³/mol. The van der Waals surface area contributed by atoms with Crippen molar-refractivity contribution in [3.63, 3.8) is 0 Å². The van der Waals surface area contributed by atoms with Gasteiger partial charge in [-0.15, -0.1) is 0 Å². The van der Waals surface area contributed by atoms with Crippen LogP contribution in [0.5, 0.6) is 0 Å². The number of halogens is 2. The van der Waals surface area contributed by atoms with Crippen LogP contribution in [0.3, 0.4) is 0 Å². The van der Waals surface area contributed by atoms with E-state index in [2.05, 4.69) is 16.7 Å². The number of carbonyl (C=O) groups is 1. The number of nitriles is 1. The minimum absolute atomic E-state index is 0.0382. The fraction of sp³-hybridized carbons (Fsp3) is 0.429. The molecule has 2 N–H and O–H groups in total. The Labute approximate surface area is 122 Å². The molecule has 1 rings (SSSR count). The Morgan fingerprint density at radius 2 is 2.20 bits per heavy atom. The van der Waals surface area contributed by atoms with Crippen molar-refractivity contribution in [2.45, 2.75) is 26.3 Å². The minimum atomic E-state index is -0.947. The summed E-state index contributed by atoms with van der Waals surface area (Å²) in [4.78, 5) is 11.8. The number of nitrogens with zero attached hydrogens (tertiary/aromatic N) is 1. The van der Waals surface area contributed by atoms with Crippen LogP contribution in [0.15, 0.2) is 18.2 Å². The lowest BCUT2D eigenvalue weighted by atomic mass is 9.90. The van der Waals surface area contributed by atoms with Crippen molar-refractivity contribution in [2.24, 2.45) is 5.92 Å². The molecule has 0 aliphatic carbocycles. The molecule has 4 nitrogen and oxygen atoms in total. The number of hydrogen-bond acceptors (Lipinski definition) is 3. The molecule has 1 unspecified atom stereocenters. The number of carbonyl (C=O) groups excluding carboxylic acids is 1. The Morgan fingerprint density at radius 1 is 1.55 bits per heavy atom.